The van der Waals surface area contributed by atoms with Crippen molar-refractivity contribution >= 4 is 11.7 Å². The number of hydrogen-bond acceptors (Lipinski definition) is 4. The summed E-state index contributed by atoms with van der Waals surface area (Å²) in [4.78, 5) is 13.2. The molecular weight excluding hydrogens is 194 g/mol. The fourth-order valence-electron chi connectivity index (χ4n) is 1.19. The molecule has 1 rings (SSSR count). The van der Waals surface area contributed by atoms with E-state index in [0.29, 0.717) is 12.2 Å². The number of aromatic nitrogens is 2. The number of nitrogen functional groups attached to an aromatic ring is 1. The average molecular weight is 207 g/mol. The van der Waals surface area contributed by atoms with Crippen molar-refractivity contribution in [3.05, 3.63) is 11.8 Å². The molecule has 80 valence electrons. The Morgan fingerprint density at radius 2 is 2.53 bits per heavy atom. The highest BCUT2D eigenvalue weighted by molar-refractivity contribution is 5.92. The summed E-state index contributed by atoms with van der Waals surface area (Å²) < 4.78 is 0. The van der Waals surface area contributed by atoms with Gasteiger partial charge in [0.05, 0.1) is 12.0 Å². The first kappa shape index (κ1) is 11.0. The van der Waals surface area contributed by atoms with E-state index >= 15 is 0 Å². The van der Waals surface area contributed by atoms with Gasteiger partial charge in [-0.3, -0.25) is 9.89 Å². The van der Waals surface area contributed by atoms with E-state index in [0.717, 1.165) is 0 Å². The molecule has 6 nitrogen and oxygen atoms in total. The predicted octanol–water partition coefficient (Wildman–Crippen LogP) is 0.224. The van der Waals surface area contributed by atoms with E-state index in [9.17, 15) is 4.79 Å². The van der Waals surface area contributed by atoms with Crippen LogP contribution in [-0.2, 0) is 0 Å². The second-order valence-corrected chi connectivity index (χ2v) is 3.42. The van der Waals surface area contributed by atoms with Crippen molar-refractivity contribution in [2.45, 2.75) is 6.92 Å². The Labute approximate surface area is 87.7 Å². The zero-order chi connectivity index (χ0) is 11.4. The number of carbonyl (C=O) groups is 1. The zero-order valence-electron chi connectivity index (χ0n) is 8.69. The van der Waals surface area contributed by atoms with Crippen molar-refractivity contribution in [1.29, 1.82) is 5.26 Å². The maximum Gasteiger partial charge on any atom is 0.271 e. The molecule has 0 radical (unpaired) electrons. The molecule has 0 aliphatic heterocycles. The van der Waals surface area contributed by atoms with Crippen LogP contribution in [0.1, 0.15) is 17.4 Å². The molecule has 0 bridgehead atoms. The number of H-pyrrole nitrogens is 1. The smallest absolute Gasteiger partial charge is 0.271 e. The first-order valence-corrected chi connectivity index (χ1v) is 4.50. The summed E-state index contributed by atoms with van der Waals surface area (Å²) in [6, 6.07) is 3.53. The van der Waals surface area contributed by atoms with E-state index < -0.39 is 0 Å². The van der Waals surface area contributed by atoms with Gasteiger partial charge in [0, 0.05) is 19.7 Å². The molecule has 0 aromatic carbocycles. The molecule has 1 unspecified atom stereocenters. The van der Waals surface area contributed by atoms with Crippen LogP contribution in [0.5, 0.6) is 0 Å². The topological polar surface area (TPSA) is 98.8 Å². The molecule has 0 fully saturated rings. The maximum atomic E-state index is 11.7. The van der Waals surface area contributed by atoms with E-state index in [1.165, 1.54) is 11.0 Å². The number of carbonyl (C=O) groups excluding carboxylic acids is 1. The van der Waals surface area contributed by atoms with Gasteiger partial charge in [0.15, 0.2) is 0 Å². The predicted molar refractivity (Wildman–Crippen MR) is 54.7 cm³/mol. The first-order valence-electron chi connectivity index (χ1n) is 4.50. The van der Waals surface area contributed by atoms with Crippen molar-refractivity contribution in [2.24, 2.45) is 5.92 Å². The Kier molecular flexibility index (Phi) is 3.29. The first-order chi connectivity index (χ1) is 7.04. The Balaban J connectivity index is 2.65. The van der Waals surface area contributed by atoms with Crippen molar-refractivity contribution in [3.63, 3.8) is 0 Å². The number of aromatic amines is 1. The third kappa shape index (κ3) is 2.71. The lowest BCUT2D eigenvalue weighted by molar-refractivity contribution is 0.0779. The molecular formula is C9H13N5O. The summed E-state index contributed by atoms with van der Waals surface area (Å²) in [5.74, 6) is -0.138. The molecule has 6 heteroatoms. The minimum atomic E-state index is -0.221. The zero-order valence-corrected chi connectivity index (χ0v) is 8.69. The molecule has 1 amide bonds. The monoisotopic (exact) mass is 207 g/mol. The summed E-state index contributed by atoms with van der Waals surface area (Å²) in [7, 11) is 1.63. The van der Waals surface area contributed by atoms with Crippen LogP contribution >= 0.6 is 0 Å². The van der Waals surface area contributed by atoms with Crippen molar-refractivity contribution in [3.8, 4) is 6.07 Å². The molecule has 3 N–H and O–H groups in total. The van der Waals surface area contributed by atoms with Gasteiger partial charge in [-0.05, 0) is 6.92 Å². The Morgan fingerprint density at radius 1 is 1.87 bits per heavy atom. The summed E-state index contributed by atoms with van der Waals surface area (Å²) in [6.07, 6.45) is 0. The van der Waals surface area contributed by atoms with Gasteiger partial charge in [-0.2, -0.15) is 10.4 Å². The van der Waals surface area contributed by atoms with Gasteiger partial charge in [-0.1, -0.05) is 0 Å². The van der Waals surface area contributed by atoms with Crippen LogP contribution < -0.4 is 5.73 Å². The standard InChI is InChI=1S/C9H13N5O/c1-6(4-10)5-14(2)9(15)7-3-8(11)13-12-7/h3,6H,5H2,1-2H3,(H3,11,12,13). The van der Waals surface area contributed by atoms with Crippen LogP contribution in [0.15, 0.2) is 6.07 Å². The second-order valence-electron chi connectivity index (χ2n) is 3.42. The van der Waals surface area contributed by atoms with Crippen LogP contribution in [0.25, 0.3) is 0 Å². The Bertz CT molecular complexity index is 391. The minimum Gasteiger partial charge on any atom is -0.382 e. The SMILES string of the molecule is CC(C#N)CN(C)C(=O)c1cc(N)n[nH]1. The minimum absolute atomic E-state index is 0.195. The van der Waals surface area contributed by atoms with Crippen molar-refractivity contribution in [1.82, 2.24) is 15.1 Å². The van der Waals surface area contributed by atoms with Crippen molar-refractivity contribution in [2.75, 3.05) is 19.3 Å². The molecule has 0 saturated carbocycles. The van der Waals surface area contributed by atoms with Gasteiger partial charge in [0.25, 0.3) is 5.91 Å². The van der Waals surface area contributed by atoms with Gasteiger partial charge in [-0.15, -0.1) is 0 Å². The number of amides is 1. The van der Waals surface area contributed by atoms with E-state index in [4.69, 9.17) is 11.0 Å². The van der Waals surface area contributed by atoms with Crippen molar-refractivity contribution < 1.29 is 4.79 Å². The van der Waals surface area contributed by atoms with Crippen LogP contribution in [0.4, 0.5) is 5.82 Å². The lowest BCUT2D eigenvalue weighted by Crippen LogP contribution is -2.30. The van der Waals surface area contributed by atoms with E-state index in [2.05, 4.69) is 16.3 Å². The molecule has 1 atom stereocenters. The van der Waals surface area contributed by atoms with Crippen LogP contribution in [0, 0.1) is 17.2 Å². The number of nitrogens with one attached hydrogen (secondary N) is 1. The van der Waals surface area contributed by atoms with Gasteiger partial charge < -0.3 is 10.6 Å². The number of nitrogens with two attached hydrogens (primary N) is 1. The second kappa shape index (κ2) is 4.46. The Hall–Kier alpha value is -2.03. The summed E-state index contributed by atoms with van der Waals surface area (Å²) >= 11 is 0. The molecule has 1 aromatic rings. The quantitative estimate of drug-likeness (QED) is 0.740. The van der Waals surface area contributed by atoms with Crippen LogP contribution in [-0.4, -0.2) is 34.6 Å². The summed E-state index contributed by atoms with van der Waals surface area (Å²) in [6.45, 7) is 2.14. The lowest BCUT2D eigenvalue weighted by atomic mass is 10.2. The maximum absolute atomic E-state index is 11.7. The molecule has 0 saturated heterocycles. The summed E-state index contributed by atoms with van der Waals surface area (Å²) in [5, 5.41) is 14.8. The van der Waals surface area contributed by atoms with Gasteiger partial charge in [0.1, 0.15) is 11.5 Å². The molecule has 0 aliphatic rings. The third-order valence-corrected chi connectivity index (χ3v) is 1.94. The average Bonchev–Trinajstić information content (AvgIpc) is 2.63. The lowest BCUT2D eigenvalue weighted by Gasteiger charge is -2.16. The normalized spacial score (nSPS) is 11.8. The van der Waals surface area contributed by atoms with Gasteiger partial charge in [-0.25, -0.2) is 0 Å². The Morgan fingerprint density at radius 3 is 3.00 bits per heavy atom. The number of anilines is 1. The van der Waals surface area contributed by atoms with E-state index in [1.54, 1.807) is 14.0 Å². The van der Waals surface area contributed by atoms with E-state index in [1.807, 2.05) is 0 Å². The number of hydrogen-bond donors (Lipinski definition) is 2. The van der Waals surface area contributed by atoms with Gasteiger partial charge >= 0.3 is 0 Å². The number of rotatable bonds is 3. The molecule has 0 spiro atoms. The molecule has 1 heterocycles. The molecule has 15 heavy (non-hydrogen) atoms. The fourth-order valence-corrected chi connectivity index (χ4v) is 1.19. The third-order valence-electron chi connectivity index (χ3n) is 1.94. The highest BCUT2D eigenvalue weighted by atomic mass is 16.2. The van der Waals surface area contributed by atoms with Crippen LogP contribution in [0.2, 0.25) is 0 Å². The summed E-state index contributed by atoms with van der Waals surface area (Å²) in [5.41, 5.74) is 5.71. The highest BCUT2D eigenvalue weighted by Crippen LogP contribution is 2.05. The number of nitrogens with zero attached hydrogens (tertiary/aromatic N) is 3. The van der Waals surface area contributed by atoms with Gasteiger partial charge in [0.2, 0.25) is 0 Å². The molecule has 0 aliphatic carbocycles. The van der Waals surface area contributed by atoms with E-state index in [-0.39, 0.29) is 17.6 Å². The fraction of sp³-hybridized carbons (Fsp3) is 0.444. The molecule has 1 aromatic heterocycles. The number of nitriles is 1. The van der Waals surface area contributed by atoms with Crippen LogP contribution in [0.3, 0.4) is 0 Å². The highest BCUT2D eigenvalue weighted by Gasteiger charge is 2.15. The largest absolute Gasteiger partial charge is 0.382 e.